The maximum absolute atomic E-state index is 12.7. The van der Waals surface area contributed by atoms with Crippen LogP contribution in [0, 0.1) is 5.92 Å². The van der Waals surface area contributed by atoms with Crippen molar-refractivity contribution in [2.75, 3.05) is 26.7 Å². The average Bonchev–Trinajstić information content (AvgIpc) is 2.93. The number of nitrogens with zero attached hydrogens (tertiary/aromatic N) is 1. The molecule has 1 aliphatic heterocycles. The molecular weight excluding hydrogens is 480 g/mol. The largest absolute Gasteiger partial charge is 0.497 e. The van der Waals surface area contributed by atoms with Crippen LogP contribution in [0.15, 0.2) is 83.8 Å². The number of nitrogens with one attached hydrogen (secondary N) is 1. The Morgan fingerprint density at radius 3 is 2.32 bits per heavy atom. The quantitative estimate of drug-likeness (QED) is 0.328. The summed E-state index contributed by atoms with van der Waals surface area (Å²) in [7, 11) is -2.02. The van der Waals surface area contributed by atoms with E-state index in [-0.39, 0.29) is 11.4 Å². The van der Waals surface area contributed by atoms with Gasteiger partial charge in [0.2, 0.25) is 10.0 Å². The number of hydrogen-bond donors (Lipinski definition) is 1. The zero-order chi connectivity index (χ0) is 26.3. The van der Waals surface area contributed by atoms with Gasteiger partial charge in [-0.2, -0.15) is 0 Å². The zero-order valence-corrected chi connectivity index (χ0v) is 23.1. The van der Waals surface area contributed by atoms with Gasteiger partial charge in [0.15, 0.2) is 0 Å². The predicted molar refractivity (Wildman–Crippen MR) is 151 cm³/mol. The number of benzene rings is 3. The lowest BCUT2D eigenvalue weighted by molar-refractivity contribution is 0.181. The van der Waals surface area contributed by atoms with Gasteiger partial charge in [-0.1, -0.05) is 68.4 Å². The van der Waals surface area contributed by atoms with Crippen LogP contribution in [-0.4, -0.2) is 40.1 Å². The molecule has 1 heterocycles. The molecule has 5 nitrogen and oxygen atoms in total. The highest BCUT2D eigenvalue weighted by Crippen LogP contribution is 2.30. The minimum Gasteiger partial charge on any atom is -0.497 e. The molecule has 198 valence electrons. The number of ether oxygens (including phenoxy) is 1. The second kappa shape index (κ2) is 12.7. The van der Waals surface area contributed by atoms with Crippen LogP contribution in [0.5, 0.6) is 5.75 Å². The van der Waals surface area contributed by atoms with Crippen molar-refractivity contribution in [1.29, 1.82) is 0 Å². The molecule has 2 unspecified atom stereocenters. The molecule has 6 heteroatoms. The molecule has 3 aromatic rings. The Morgan fingerprint density at radius 1 is 0.946 bits per heavy atom. The highest BCUT2D eigenvalue weighted by molar-refractivity contribution is 7.89. The van der Waals surface area contributed by atoms with Crippen LogP contribution in [0.1, 0.15) is 61.6 Å². The van der Waals surface area contributed by atoms with Crippen molar-refractivity contribution in [1.82, 2.24) is 9.62 Å². The number of sulfonamides is 1. The fourth-order valence-corrected chi connectivity index (χ4v) is 6.48. The SMILES string of the molecule is COc1ccc(S(=O)(=O)NCc2cccc(C3CCN(CC(C)CC(C)c4ccccc4)CC3)c2)cc1. The second-order valence-electron chi connectivity index (χ2n) is 10.5. The monoisotopic (exact) mass is 520 g/mol. The second-order valence-corrected chi connectivity index (χ2v) is 12.2. The van der Waals surface area contributed by atoms with E-state index in [1.165, 1.54) is 17.5 Å². The van der Waals surface area contributed by atoms with Crippen LogP contribution in [0.25, 0.3) is 0 Å². The Kier molecular flexibility index (Phi) is 9.41. The molecule has 1 aliphatic rings. The fourth-order valence-electron chi connectivity index (χ4n) is 5.46. The van der Waals surface area contributed by atoms with E-state index in [1.54, 1.807) is 31.4 Å². The van der Waals surface area contributed by atoms with E-state index in [1.807, 2.05) is 12.1 Å². The summed E-state index contributed by atoms with van der Waals surface area (Å²) in [5.41, 5.74) is 3.73. The van der Waals surface area contributed by atoms with Crippen molar-refractivity contribution in [3.63, 3.8) is 0 Å². The Morgan fingerprint density at radius 2 is 1.65 bits per heavy atom. The molecule has 0 aromatic heterocycles. The topological polar surface area (TPSA) is 58.6 Å². The van der Waals surface area contributed by atoms with Crippen LogP contribution in [0.3, 0.4) is 0 Å². The first-order valence-electron chi connectivity index (χ1n) is 13.3. The third kappa shape index (κ3) is 7.67. The number of rotatable bonds is 11. The van der Waals surface area contributed by atoms with Crippen molar-refractivity contribution in [3.05, 3.63) is 95.6 Å². The molecule has 1 fully saturated rings. The minimum atomic E-state index is -3.58. The summed E-state index contributed by atoms with van der Waals surface area (Å²) < 4.78 is 33.3. The lowest BCUT2D eigenvalue weighted by Gasteiger charge is -2.34. The summed E-state index contributed by atoms with van der Waals surface area (Å²) in [6.45, 7) is 8.37. The first-order valence-corrected chi connectivity index (χ1v) is 14.8. The molecule has 2 atom stereocenters. The molecule has 1 N–H and O–H groups in total. The van der Waals surface area contributed by atoms with E-state index in [9.17, 15) is 8.42 Å². The van der Waals surface area contributed by atoms with E-state index in [2.05, 4.69) is 65.9 Å². The van der Waals surface area contributed by atoms with Gasteiger partial charge in [0.05, 0.1) is 12.0 Å². The van der Waals surface area contributed by atoms with Crippen LogP contribution >= 0.6 is 0 Å². The maximum Gasteiger partial charge on any atom is 0.240 e. The fraction of sp³-hybridized carbons (Fsp3) is 0.419. The third-order valence-corrected chi connectivity index (χ3v) is 8.96. The minimum absolute atomic E-state index is 0.240. The van der Waals surface area contributed by atoms with Gasteiger partial charge in [-0.3, -0.25) is 0 Å². The number of hydrogen-bond acceptors (Lipinski definition) is 4. The predicted octanol–water partition coefficient (Wildman–Crippen LogP) is 6.18. The average molecular weight is 521 g/mol. The number of methoxy groups -OCH3 is 1. The van der Waals surface area contributed by atoms with E-state index >= 15 is 0 Å². The molecule has 0 saturated carbocycles. The van der Waals surface area contributed by atoms with Gasteiger partial charge < -0.3 is 9.64 Å². The first-order chi connectivity index (χ1) is 17.8. The lowest BCUT2D eigenvalue weighted by Crippen LogP contribution is -2.36. The molecule has 0 spiro atoms. The smallest absolute Gasteiger partial charge is 0.240 e. The Hall–Kier alpha value is -2.67. The van der Waals surface area contributed by atoms with Gasteiger partial charge in [0.25, 0.3) is 0 Å². The van der Waals surface area contributed by atoms with Gasteiger partial charge in [0, 0.05) is 13.1 Å². The lowest BCUT2D eigenvalue weighted by atomic mass is 9.87. The number of piperidine rings is 1. The molecule has 4 rings (SSSR count). The van der Waals surface area contributed by atoms with Crippen molar-refractivity contribution in [2.45, 2.75) is 56.4 Å². The number of likely N-dealkylation sites (tertiary alicyclic amines) is 1. The van der Waals surface area contributed by atoms with Crippen LogP contribution < -0.4 is 9.46 Å². The van der Waals surface area contributed by atoms with E-state index in [0.29, 0.717) is 23.5 Å². The summed E-state index contributed by atoms with van der Waals surface area (Å²) in [6, 6.07) is 25.7. The normalized spacial score (nSPS) is 16.8. The first kappa shape index (κ1) is 27.4. The van der Waals surface area contributed by atoms with E-state index in [0.717, 1.165) is 38.0 Å². The van der Waals surface area contributed by atoms with E-state index < -0.39 is 10.0 Å². The van der Waals surface area contributed by atoms with Crippen molar-refractivity contribution >= 4 is 10.0 Å². The Labute approximate surface area is 222 Å². The van der Waals surface area contributed by atoms with Crippen molar-refractivity contribution in [2.24, 2.45) is 5.92 Å². The highest BCUT2D eigenvalue weighted by Gasteiger charge is 2.23. The summed E-state index contributed by atoms with van der Waals surface area (Å²) in [5.74, 6) is 2.40. The van der Waals surface area contributed by atoms with Crippen molar-refractivity contribution < 1.29 is 13.2 Å². The van der Waals surface area contributed by atoms with Gasteiger partial charge >= 0.3 is 0 Å². The van der Waals surface area contributed by atoms with Gasteiger partial charge in [-0.15, -0.1) is 0 Å². The molecule has 37 heavy (non-hydrogen) atoms. The molecular formula is C31H40N2O3S. The summed E-state index contributed by atoms with van der Waals surface area (Å²) in [6.07, 6.45) is 3.49. The Bertz CT molecular complexity index is 1220. The van der Waals surface area contributed by atoms with Crippen LogP contribution in [-0.2, 0) is 16.6 Å². The Balaban J connectivity index is 1.26. The van der Waals surface area contributed by atoms with Crippen LogP contribution in [0.4, 0.5) is 0 Å². The molecule has 0 radical (unpaired) electrons. The summed E-state index contributed by atoms with van der Waals surface area (Å²) in [4.78, 5) is 2.86. The highest BCUT2D eigenvalue weighted by atomic mass is 32.2. The molecule has 0 bridgehead atoms. The zero-order valence-electron chi connectivity index (χ0n) is 22.3. The molecule has 1 saturated heterocycles. The molecule has 0 amide bonds. The summed E-state index contributed by atoms with van der Waals surface area (Å²) in [5, 5.41) is 0. The third-order valence-electron chi connectivity index (χ3n) is 7.54. The molecule has 3 aromatic carbocycles. The standard InChI is InChI=1S/C31H40N2O3S/c1-24(20-25(2)27-9-5-4-6-10-27)23-33-18-16-28(17-19-33)29-11-7-8-26(21-29)22-32-37(34,35)31-14-12-30(36-3)13-15-31/h4-15,21,24-25,28,32H,16-20,22-23H2,1-3H3. The van der Waals surface area contributed by atoms with Gasteiger partial charge in [-0.25, -0.2) is 13.1 Å². The van der Waals surface area contributed by atoms with Crippen molar-refractivity contribution in [3.8, 4) is 5.75 Å². The van der Waals surface area contributed by atoms with Gasteiger partial charge in [-0.05, 0) is 91.1 Å². The van der Waals surface area contributed by atoms with Crippen LogP contribution in [0.2, 0.25) is 0 Å². The molecule has 0 aliphatic carbocycles. The van der Waals surface area contributed by atoms with E-state index in [4.69, 9.17) is 4.74 Å². The van der Waals surface area contributed by atoms with Gasteiger partial charge in [0.1, 0.15) is 5.75 Å². The summed E-state index contributed by atoms with van der Waals surface area (Å²) >= 11 is 0. The maximum atomic E-state index is 12.7.